The Kier molecular flexibility index (Phi) is 4.05. The number of ether oxygens (including phenoxy) is 1. The summed E-state index contributed by atoms with van der Waals surface area (Å²) in [6.07, 6.45) is 4.91. The molecule has 2 aliphatic carbocycles. The van der Waals surface area contributed by atoms with Crippen molar-refractivity contribution in [3.8, 4) is 11.3 Å². The quantitative estimate of drug-likeness (QED) is 0.811. The van der Waals surface area contributed by atoms with E-state index < -0.39 is 0 Å². The third kappa shape index (κ3) is 2.99. The second-order valence-corrected chi connectivity index (χ2v) is 8.16. The van der Waals surface area contributed by atoms with E-state index >= 15 is 0 Å². The highest BCUT2D eigenvalue weighted by atomic mass is 35.5. The second-order valence-electron chi connectivity index (χ2n) is 7.34. The van der Waals surface area contributed by atoms with Crippen molar-refractivity contribution in [1.29, 1.82) is 0 Å². The summed E-state index contributed by atoms with van der Waals surface area (Å²) in [5, 5.41) is 9.03. The molecule has 3 aliphatic rings. The molecule has 132 valence electrons. The van der Waals surface area contributed by atoms with Crippen LogP contribution in [0.3, 0.4) is 0 Å². The van der Waals surface area contributed by atoms with Gasteiger partial charge in [0.1, 0.15) is 11.5 Å². The zero-order valence-corrected chi connectivity index (χ0v) is 15.3. The summed E-state index contributed by atoms with van der Waals surface area (Å²) in [6, 6.07) is 6.16. The highest BCUT2D eigenvalue weighted by Gasteiger charge is 2.46. The molecule has 2 heterocycles. The Bertz CT molecular complexity index is 782. The lowest BCUT2D eigenvalue weighted by Gasteiger charge is -2.22. The smallest absolute Gasteiger partial charge is 0.145 e. The molecule has 1 saturated heterocycles. The molecule has 1 aliphatic heterocycles. The van der Waals surface area contributed by atoms with Crippen LogP contribution in [0.5, 0.6) is 0 Å². The maximum Gasteiger partial charge on any atom is 0.145 e. The molecule has 3 fully saturated rings. The third-order valence-corrected chi connectivity index (χ3v) is 6.19. The maximum absolute atomic E-state index is 6.40. The largest absolute Gasteiger partial charge is 0.373 e. The number of nitrogens with zero attached hydrogens (tertiary/aromatic N) is 1. The van der Waals surface area contributed by atoms with Crippen molar-refractivity contribution in [2.45, 2.75) is 50.4 Å². The van der Waals surface area contributed by atoms with E-state index in [9.17, 15) is 0 Å². The first kappa shape index (κ1) is 16.1. The number of benzene rings is 1. The van der Waals surface area contributed by atoms with Gasteiger partial charge in [-0.3, -0.25) is 0 Å². The van der Waals surface area contributed by atoms with Crippen molar-refractivity contribution in [1.82, 2.24) is 10.5 Å². The Balaban J connectivity index is 1.46. The molecule has 1 aromatic heterocycles. The van der Waals surface area contributed by atoms with E-state index in [4.69, 9.17) is 32.5 Å². The minimum atomic E-state index is 0.322. The fraction of sp³-hybridized carbons (Fsp3) is 0.526. The summed E-state index contributed by atoms with van der Waals surface area (Å²) in [5.41, 5.74) is 2.50. The van der Waals surface area contributed by atoms with Crippen molar-refractivity contribution in [2.75, 3.05) is 6.54 Å². The van der Waals surface area contributed by atoms with Crippen LogP contribution >= 0.6 is 23.2 Å². The van der Waals surface area contributed by atoms with Crippen LogP contribution in [0, 0.1) is 5.92 Å². The lowest BCUT2D eigenvalue weighted by atomic mass is 10.0. The third-order valence-electron chi connectivity index (χ3n) is 5.56. The minimum Gasteiger partial charge on any atom is -0.373 e. The Morgan fingerprint density at radius 3 is 2.76 bits per heavy atom. The van der Waals surface area contributed by atoms with Gasteiger partial charge in [-0.1, -0.05) is 34.4 Å². The zero-order valence-electron chi connectivity index (χ0n) is 13.8. The summed E-state index contributed by atoms with van der Waals surface area (Å²) in [7, 11) is 0. The van der Waals surface area contributed by atoms with Crippen LogP contribution < -0.4 is 5.32 Å². The fourth-order valence-corrected chi connectivity index (χ4v) is 4.51. The number of aromatic nitrogens is 1. The normalized spacial score (nSPS) is 28.0. The predicted molar refractivity (Wildman–Crippen MR) is 97.0 cm³/mol. The number of piperidine rings is 1. The first-order valence-electron chi connectivity index (χ1n) is 9.00. The van der Waals surface area contributed by atoms with Gasteiger partial charge < -0.3 is 14.6 Å². The van der Waals surface area contributed by atoms with Gasteiger partial charge in [0.05, 0.1) is 22.8 Å². The first-order valence-corrected chi connectivity index (χ1v) is 9.75. The minimum absolute atomic E-state index is 0.322. The van der Waals surface area contributed by atoms with Crippen LogP contribution in [0.2, 0.25) is 10.0 Å². The topological polar surface area (TPSA) is 47.3 Å². The lowest BCUT2D eigenvalue weighted by Crippen LogP contribution is -2.34. The Morgan fingerprint density at radius 2 is 2.00 bits per heavy atom. The van der Waals surface area contributed by atoms with Crippen molar-refractivity contribution in [2.24, 2.45) is 5.92 Å². The van der Waals surface area contributed by atoms with Crippen molar-refractivity contribution >= 4 is 23.2 Å². The van der Waals surface area contributed by atoms with Crippen molar-refractivity contribution in [3.63, 3.8) is 0 Å². The number of rotatable bonds is 5. The number of hydrogen-bond acceptors (Lipinski definition) is 4. The molecule has 1 aromatic carbocycles. The molecule has 0 bridgehead atoms. The van der Waals surface area contributed by atoms with Crippen LogP contribution in [0.15, 0.2) is 22.7 Å². The van der Waals surface area contributed by atoms with Gasteiger partial charge >= 0.3 is 0 Å². The molecular formula is C19H20Cl2N2O2. The fourth-order valence-electron chi connectivity index (χ4n) is 3.93. The van der Waals surface area contributed by atoms with E-state index in [1.54, 1.807) is 0 Å². The molecule has 2 saturated carbocycles. The second kappa shape index (κ2) is 6.27. The van der Waals surface area contributed by atoms with Crippen LogP contribution in [0.4, 0.5) is 0 Å². The van der Waals surface area contributed by atoms with E-state index in [1.807, 2.05) is 18.2 Å². The highest BCUT2D eigenvalue weighted by molar-refractivity contribution is 6.39. The van der Waals surface area contributed by atoms with Crippen LogP contribution in [-0.4, -0.2) is 23.8 Å². The molecule has 4 nitrogen and oxygen atoms in total. The summed E-state index contributed by atoms with van der Waals surface area (Å²) < 4.78 is 12.0. The van der Waals surface area contributed by atoms with Crippen LogP contribution in [-0.2, 0) is 11.3 Å². The molecule has 0 spiro atoms. The van der Waals surface area contributed by atoms with Gasteiger partial charge in [-0.25, -0.2) is 0 Å². The Morgan fingerprint density at radius 1 is 1.20 bits per heavy atom. The highest BCUT2D eigenvalue weighted by Crippen LogP contribution is 2.47. The standard InChI is InChI=1S/C19H20Cl2N2O2/c20-13-2-1-3-14(21)17(13)18-12(19(25-23-18)10-4-5-10)9-24-16-6-7-22-15-8-11(15)16/h1-3,10-11,15-16,22H,4-9H2. The van der Waals surface area contributed by atoms with E-state index in [0.717, 1.165) is 48.4 Å². The van der Waals surface area contributed by atoms with Gasteiger partial charge in [0.25, 0.3) is 0 Å². The van der Waals surface area contributed by atoms with Crippen molar-refractivity contribution < 1.29 is 9.26 Å². The summed E-state index contributed by atoms with van der Waals surface area (Å²) >= 11 is 12.8. The number of nitrogens with one attached hydrogen (secondary N) is 1. The van der Waals surface area contributed by atoms with E-state index in [1.165, 1.54) is 6.42 Å². The van der Waals surface area contributed by atoms with Gasteiger partial charge in [0.15, 0.2) is 0 Å². The van der Waals surface area contributed by atoms with Gasteiger partial charge in [-0.05, 0) is 44.4 Å². The maximum atomic E-state index is 6.40. The molecule has 25 heavy (non-hydrogen) atoms. The SMILES string of the molecule is Clc1cccc(Cl)c1-c1noc(C2CC2)c1COC1CCNC2CC21. The number of halogens is 2. The summed E-state index contributed by atoms with van der Waals surface area (Å²) in [4.78, 5) is 0. The molecule has 6 heteroatoms. The van der Waals surface area contributed by atoms with Crippen molar-refractivity contribution in [3.05, 3.63) is 39.6 Å². The first-order chi connectivity index (χ1) is 12.2. The van der Waals surface area contributed by atoms with E-state index in [-0.39, 0.29) is 0 Å². The summed E-state index contributed by atoms with van der Waals surface area (Å²) in [5.74, 6) is 2.07. The van der Waals surface area contributed by atoms with Gasteiger partial charge in [0.2, 0.25) is 0 Å². The van der Waals surface area contributed by atoms with Gasteiger partial charge in [-0.15, -0.1) is 0 Å². The van der Waals surface area contributed by atoms with E-state index in [0.29, 0.717) is 40.6 Å². The number of fused-ring (bicyclic) bond motifs is 1. The van der Waals surface area contributed by atoms with Gasteiger partial charge in [-0.2, -0.15) is 0 Å². The number of hydrogen-bond donors (Lipinski definition) is 1. The monoisotopic (exact) mass is 378 g/mol. The summed E-state index contributed by atoms with van der Waals surface area (Å²) in [6.45, 7) is 1.55. The molecule has 5 rings (SSSR count). The predicted octanol–water partition coefficient (Wildman–Crippen LogP) is 4.79. The Labute approximate surface area is 156 Å². The van der Waals surface area contributed by atoms with Crippen LogP contribution in [0.25, 0.3) is 11.3 Å². The Hall–Kier alpha value is -1.07. The average Bonchev–Trinajstić information content (AvgIpc) is 3.51. The molecule has 1 N–H and O–H groups in total. The lowest BCUT2D eigenvalue weighted by molar-refractivity contribution is 0.0108. The molecule has 0 radical (unpaired) electrons. The molecular weight excluding hydrogens is 359 g/mol. The molecule has 2 aromatic rings. The molecule has 3 atom stereocenters. The van der Waals surface area contributed by atoms with E-state index in [2.05, 4.69) is 10.5 Å². The average molecular weight is 379 g/mol. The molecule has 0 amide bonds. The zero-order chi connectivity index (χ0) is 17.0. The molecule has 3 unspecified atom stereocenters. The van der Waals surface area contributed by atoms with Gasteiger partial charge in [0, 0.05) is 29.0 Å². The van der Waals surface area contributed by atoms with Crippen LogP contribution in [0.1, 0.15) is 42.9 Å².